The van der Waals surface area contributed by atoms with Crippen molar-refractivity contribution in [1.82, 2.24) is 20.2 Å². The van der Waals surface area contributed by atoms with Gasteiger partial charge in [-0.1, -0.05) is 0 Å². The maximum atomic E-state index is 10.7. The Hall–Kier alpha value is -2.29. The van der Waals surface area contributed by atoms with E-state index in [4.69, 9.17) is 5.73 Å². The lowest BCUT2D eigenvalue weighted by molar-refractivity contribution is -0.388. The summed E-state index contributed by atoms with van der Waals surface area (Å²) in [6.07, 6.45) is 2.74. The first-order valence-electron chi connectivity index (χ1n) is 4.39. The molecule has 0 spiro atoms. The first-order chi connectivity index (χ1) is 8.16. The number of rotatable bonds is 3. The molecule has 0 aliphatic carbocycles. The van der Waals surface area contributed by atoms with Crippen molar-refractivity contribution in [3.63, 3.8) is 0 Å². The second-order valence-corrected chi connectivity index (χ2v) is 3.81. The molecule has 0 amide bonds. The molecular weight excluding hydrogens is 244 g/mol. The van der Waals surface area contributed by atoms with E-state index in [2.05, 4.69) is 20.2 Å². The molecule has 9 heteroatoms. The number of pyridine rings is 1. The van der Waals surface area contributed by atoms with Gasteiger partial charge in [0, 0.05) is 12.3 Å². The standard InChI is InChI=1S/C8H6N6O2S/c9-6-4-11-13-8(12-6)17-7-5(14(15)16)2-1-3-10-7/h1-4H,(H2,9,12,13). The van der Waals surface area contributed by atoms with Crippen LogP contribution in [-0.2, 0) is 0 Å². The van der Waals surface area contributed by atoms with E-state index in [0.717, 1.165) is 11.8 Å². The first kappa shape index (κ1) is 11.2. The summed E-state index contributed by atoms with van der Waals surface area (Å²) in [5, 5.41) is 18.5. The topological polar surface area (TPSA) is 121 Å². The van der Waals surface area contributed by atoms with Crippen LogP contribution in [0, 0.1) is 10.1 Å². The number of nitrogens with two attached hydrogens (primary N) is 1. The fourth-order valence-electron chi connectivity index (χ4n) is 1.03. The SMILES string of the molecule is Nc1cnnc(Sc2ncccc2[N+](=O)[O-])n1. The average molecular weight is 250 g/mol. The van der Waals surface area contributed by atoms with Gasteiger partial charge in [-0.3, -0.25) is 10.1 Å². The van der Waals surface area contributed by atoms with Gasteiger partial charge in [0.1, 0.15) is 5.82 Å². The van der Waals surface area contributed by atoms with Crippen molar-refractivity contribution in [3.8, 4) is 0 Å². The van der Waals surface area contributed by atoms with E-state index < -0.39 is 4.92 Å². The van der Waals surface area contributed by atoms with Gasteiger partial charge in [0.2, 0.25) is 5.16 Å². The second-order valence-electron chi connectivity index (χ2n) is 2.85. The van der Waals surface area contributed by atoms with Gasteiger partial charge in [0.15, 0.2) is 5.03 Å². The van der Waals surface area contributed by atoms with Crippen LogP contribution in [-0.4, -0.2) is 25.1 Å². The predicted octanol–water partition coefficient (Wildman–Crippen LogP) is 0.908. The Morgan fingerprint density at radius 2 is 2.29 bits per heavy atom. The summed E-state index contributed by atoms with van der Waals surface area (Å²) >= 11 is 0.939. The van der Waals surface area contributed by atoms with Crippen molar-refractivity contribution in [2.75, 3.05) is 5.73 Å². The summed E-state index contributed by atoms with van der Waals surface area (Å²) in [6, 6.07) is 2.84. The van der Waals surface area contributed by atoms with E-state index in [1.807, 2.05) is 0 Å². The molecule has 17 heavy (non-hydrogen) atoms. The van der Waals surface area contributed by atoms with Crippen molar-refractivity contribution in [2.24, 2.45) is 0 Å². The van der Waals surface area contributed by atoms with Gasteiger partial charge in [-0.05, 0) is 17.8 Å². The molecule has 0 aliphatic rings. The predicted molar refractivity (Wildman–Crippen MR) is 59.3 cm³/mol. The van der Waals surface area contributed by atoms with E-state index >= 15 is 0 Å². The van der Waals surface area contributed by atoms with Gasteiger partial charge in [-0.25, -0.2) is 9.97 Å². The maximum absolute atomic E-state index is 10.7. The van der Waals surface area contributed by atoms with E-state index in [1.54, 1.807) is 0 Å². The molecule has 2 rings (SSSR count). The molecule has 2 aromatic rings. The molecule has 0 fully saturated rings. The molecule has 0 atom stereocenters. The van der Waals surface area contributed by atoms with E-state index in [1.165, 1.54) is 24.5 Å². The van der Waals surface area contributed by atoms with Crippen LogP contribution in [0.5, 0.6) is 0 Å². The zero-order valence-corrected chi connectivity index (χ0v) is 9.16. The molecule has 0 radical (unpaired) electrons. The third-order valence-corrected chi connectivity index (χ3v) is 2.56. The molecule has 2 N–H and O–H groups in total. The van der Waals surface area contributed by atoms with Crippen LogP contribution >= 0.6 is 11.8 Å². The summed E-state index contributed by atoms with van der Waals surface area (Å²) in [5.74, 6) is 0.195. The Balaban J connectivity index is 2.33. The minimum absolute atomic E-state index is 0.108. The normalized spacial score (nSPS) is 10.1. The number of hydrogen-bond donors (Lipinski definition) is 1. The van der Waals surface area contributed by atoms with Crippen molar-refractivity contribution >= 4 is 23.3 Å². The maximum Gasteiger partial charge on any atom is 0.301 e. The third-order valence-electron chi connectivity index (χ3n) is 1.69. The molecule has 0 saturated heterocycles. The van der Waals surface area contributed by atoms with Gasteiger partial charge in [-0.2, -0.15) is 5.10 Å². The largest absolute Gasteiger partial charge is 0.382 e. The Bertz CT molecular complexity index is 563. The average Bonchev–Trinajstić information content (AvgIpc) is 2.29. The Kier molecular flexibility index (Phi) is 3.10. The number of nitrogens with zero attached hydrogens (tertiary/aromatic N) is 5. The van der Waals surface area contributed by atoms with Crippen LogP contribution in [0.2, 0.25) is 0 Å². The Labute approximate surface area is 99.5 Å². The number of anilines is 1. The molecule has 0 bridgehead atoms. The van der Waals surface area contributed by atoms with Gasteiger partial charge >= 0.3 is 5.69 Å². The van der Waals surface area contributed by atoms with Crippen LogP contribution in [0.25, 0.3) is 0 Å². The van der Waals surface area contributed by atoms with Crippen molar-refractivity contribution in [3.05, 3.63) is 34.6 Å². The molecule has 2 aromatic heterocycles. The summed E-state index contributed by atoms with van der Waals surface area (Å²) in [5.41, 5.74) is 5.32. The van der Waals surface area contributed by atoms with E-state index in [-0.39, 0.29) is 21.7 Å². The highest BCUT2D eigenvalue weighted by molar-refractivity contribution is 7.99. The van der Waals surface area contributed by atoms with Crippen LogP contribution in [0.15, 0.2) is 34.7 Å². The molecule has 0 saturated carbocycles. The minimum atomic E-state index is -0.519. The van der Waals surface area contributed by atoms with E-state index in [0.29, 0.717) is 0 Å². The number of aromatic nitrogens is 4. The van der Waals surface area contributed by atoms with Crippen molar-refractivity contribution < 1.29 is 4.92 Å². The Morgan fingerprint density at radius 1 is 1.47 bits per heavy atom. The van der Waals surface area contributed by atoms with E-state index in [9.17, 15) is 10.1 Å². The fourth-order valence-corrected chi connectivity index (χ4v) is 1.80. The highest BCUT2D eigenvalue weighted by atomic mass is 32.2. The minimum Gasteiger partial charge on any atom is -0.382 e. The quantitative estimate of drug-likeness (QED) is 0.630. The summed E-state index contributed by atoms with van der Waals surface area (Å²) in [4.78, 5) is 18.0. The first-order valence-corrected chi connectivity index (χ1v) is 5.21. The van der Waals surface area contributed by atoms with Crippen molar-refractivity contribution in [1.29, 1.82) is 0 Å². The smallest absolute Gasteiger partial charge is 0.301 e. The van der Waals surface area contributed by atoms with Gasteiger partial charge in [-0.15, -0.1) is 5.10 Å². The van der Waals surface area contributed by atoms with Crippen LogP contribution < -0.4 is 5.73 Å². The van der Waals surface area contributed by atoms with Gasteiger partial charge < -0.3 is 5.73 Å². The lowest BCUT2D eigenvalue weighted by Gasteiger charge is -1.99. The monoisotopic (exact) mass is 250 g/mol. The third kappa shape index (κ3) is 2.64. The van der Waals surface area contributed by atoms with Crippen LogP contribution in [0.1, 0.15) is 0 Å². The molecular formula is C8H6N6O2S. The van der Waals surface area contributed by atoms with Crippen molar-refractivity contribution in [2.45, 2.75) is 10.2 Å². The summed E-state index contributed by atoms with van der Waals surface area (Å²) in [7, 11) is 0. The number of nitro groups is 1. The summed E-state index contributed by atoms with van der Waals surface area (Å²) in [6.45, 7) is 0. The highest BCUT2D eigenvalue weighted by Gasteiger charge is 2.16. The van der Waals surface area contributed by atoms with Gasteiger partial charge in [0.25, 0.3) is 0 Å². The molecule has 8 nitrogen and oxygen atoms in total. The highest BCUT2D eigenvalue weighted by Crippen LogP contribution is 2.30. The molecule has 0 aliphatic heterocycles. The lowest BCUT2D eigenvalue weighted by atomic mass is 10.4. The fraction of sp³-hybridized carbons (Fsp3) is 0. The number of nitrogen functional groups attached to an aromatic ring is 1. The molecule has 0 unspecified atom stereocenters. The lowest BCUT2D eigenvalue weighted by Crippen LogP contribution is -1.98. The molecule has 86 valence electrons. The zero-order chi connectivity index (χ0) is 12.3. The Morgan fingerprint density at radius 3 is 3.00 bits per heavy atom. The van der Waals surface area contributed by atoms with Gasteiger partial charge in [0.05, 0.1) is 11.1 Å². The number of hydrogen-bond acceptors (Lipinski definition) is 8. The second kappa shape index (κ2) is 4.70. The molecule has 2 heterocycles. The van der Waals surface area contributed by atoms with Crippen LogP contribution in [0.3, 0.4) is 0 Å². The zero-order valence-electron chi connectivity index (χ0n) is 8.35. The summed E-state index contributed by atoms with van der Waals surface area (Å²) < 4.78 is 0. The van der Waals surface area contributed by atoms with Crippen LogP contribution in [0.4, 0.5) is 11.5 Å². The molecule has 0 aromatic carbocycles.